The molecule has 0 aliphatic heterocycles. The van der Waals surface area contributed by atoms with Gasteiger partial charge >= 0.3 is 6.36 Å². The summed E-state index contributed by atoms with van der Waals surface area (Å²) in [6, 6.07) is 7.44. The maximum absolute atomic E-state index is 12.5. The minimum atomic E-state index is -4.70. The van der Waals surface area contributed by atoms with Crippen molar-refractivity contribution in [3.8, 4) is 5.75 Å². The van der Waals surface area contributed by atoms with E-state index in [0.29, 0.717) is 12.2 Å². The van der Waals surface area contributed by atoms with Crippen LogP contribution in [-0.4, -0.2) is 29.1 Å². The Morgan fingerprint density at radius 2 is 1.96 bits per heavy atom. The van der Waals surface area contributed by atoms with E-state index in [1.165, 1.54) is 12.1 Å². The predicted molar refractivity (Wildman–Crippen MR) is 80.6 cm³/mol. The molecule has 1 saturated carbocycles. The molecule has 2 aromatic rings. The van der Waals surface area contributed by atoms with Crippen LogP contribution in [0.1, 0.15) is 17.9 Å². The molecule has 0 bridgehead atoms. The lowest BCUT2D eigenvalue weighted by Gasteiger charge is -2.17. The summed E-state index contributed by atoms with van der Waals surface area (Å²) in [5, 5.41) is 4.03. The summed E-state index contributed by atoms with van der Waals surface area (Å²) in [4.78, 5) is 14.1. The van der Waals surface area contributed by atoms with Crippen molar-refractivity contribution in [2.24, 2.45) is 13.0 Å². The van der Waals surface area contributed by atoms with Gasteiger partial charge in [0.1, 0.15) is 11.6 Å². The van der Waals surface area contributed by atoms with E-state index in [4.69, 9.17) is 0 Å². The van der Waals surface area contributed by atoms with Crippen molar-refractivity contribution in [3.63, 3.8) is 0 Å². The Balaban J connectivity index is 1.64. The van der Waals surface area contributed by atoms with Gasteiger partial charge in [-0.15, -0.1) is 13.2 Å². The van der Waals surface area contributed by atoms with Crippen molar-refractivity contribution in [2.75, 3.05) is 11.9 Å². The molecule has 0 spiro atoms. The summed E-state index contributed by atoms with van der Waals surface area (Å²) >= 11 is 0. The van der Waals surface area contributed by atoms with Gasteiger partial charge in [0, 0.05) is 26.1 Å². The quantitative estimate of drug-likeness (QED) is 0.860. The highest BCUT2D eigenvalue weighted by Crippen LogP contribution is 2.49. The predicted octanol–water partition coefficient (Wildman–Crippen LogP) is 3.09. The van der Waals surface area contributed by atoms with E-state index in [0.717, 1.165) is 5.56 Å². The molecule has 1 amide bonds. The molecule has 1 aromatic carbocycles. The lowest BCUT2D eigenvalue weighted by molar-refractivity contribution is -0.274. The van der Waals surface area contributed by atoms with Crippen LogP contribution in [-0.2, 0) is 11.8 Å². The second-order valence-corrected chi connectivity index (χ2v) is 5.78. The molecular formula is C16H16F3N3O2. The molecule has 0 N–H and O–H groups in total. The van der Waals surface area contributed by atoms with Gasteiger partial charge < -0.3 is 4.74 Å². The molecule has 1 fully saturated rings. The molecule has 24 heavy (non-hydrogen) atoms. The van der Waals surface area contributed by atoms with Crippen molar-refractivity contribution in [1.82, 2.24) is 9.78 Å². The molecule has 0 unspecified atom stereocenters. The molecule has 0 radical (unpaired) electrons. The van der Waals surface area contributed by atoms with E-state index >= 15 is 0 Å². The molecule has 0 saturated heterocycles. The fraction of sp³-hybridized carbons (Fsp3) is 0.375. The van der Waals surface area contributed by atoms with Crippen LogP contribution < -0.4 is 9.64 Å². The number of carbonyl (C=O) groups is 1. The first-order valence-electron chi connectivity index (χ1n) is 7.37. The zero-order valence-electron chi connectivity index (χ0n) is 13.1. The highest BCUT2D eigenvalue weighted by Gasteiger charge is 2.45. The van der Waals surface area contributed by atoms with Crippen LogP contribution in [0.15, 0.2) is 36.5 Å². The number of hydrogen-bond acceptors (Lipinski definition) is 3. The van der Waals surface area contributed by atoms with Crippen molar-refractivity contribution < 1.29 is 22.7 Å². The van der Waals surface area contributed by atoms with Gasteiger partial charge in [0.2, 0.25) is 5.91 Å². The van der Waals surface area contributed by atoms with E-state index < -0.39 is 6.36 Å². The van der Waals surface area contributed by atoms with Crippen molar-refractivity contribution >= 4 is 11.7 Å². The third kappa shape index (κ3) is 3.37. The Kier molecular flexibility index (Phi) is 3.98. The Morgan fingerprint density at radius 1 is 1.29 bits per heavy atom. The van der Waals surface area contributed by atoms with Gasteiger partial charge in [-0.2, -0.15) is 5.10 Å². The summed E-state index contributed by atoms with van der Waals surface area (Å²) in [5.41, 5.74) is 0.835. The summed E-state index contributed by atoms with van der Waals surface area (Å²) in [7, 11) is 3.44. The second-order valence-electron chi connectivity index (χ2n) is 5.78. The SMILES string of the molecule is CN(C(=O)[C@H]1C[C@H]1c1ccc(OC(F)(F)F)cc1)c1ccnn1C. The lowest BCUT2D eigenvalue weighted by atomic mass is 10.1. The number of halogens is 3. The molecular weight excluding hydrogens is 323 g/mol. The minimum absolute atomic E-state index is 0.0214. The number of aryl methyl sites for hydroxylation is 1. The van der Waals surface area contributed by atoms with Crippen LogP contribution in [0.2, 0.25) is 0 Å². The number of nitrogens with zero attached hydrogens (tertiary/aromatic N) is 3. The zero-order valence-corrected chi connectivity index (χ0v) is 13.1. The summed E-state index contributed by atoms with van der Waals surface area (Å²) in [6.07, 6.45) is -2.41. The minimum Gasteiger partial charge on any atom is -0.406 e. The number of carbonyl (C=O) groups excluding carboxylic acids is 1. The number of ether oxygens (including phenoxy) is 1. The van der Waals surface area contributed by atoms with Gasteiger partial charge in [-0.1, -0.05) is 12.1 Å². The smallest absolute Gasteiger partial charge is 0.406 e. The lowest BCUT2D eigenvalue weighted by Crippen LogP contribution is -2.29. The van der Waals surface area contributed by atoms with E-state index in [2.05, 4.69) is 9.84 Å². The molecule has 1 aliphatic carbocycles. The van der Waals surface area contributed by atoms with Crippen LogP contribution in [0.25, 0.3) is 0 Å². The van der Waals surface area contributed by atoms with Crippen LogP contribution in [0.5, 0.6) is 5.75 Å². The van der Waals surface area contributed by atoms with Crippen molar-refractivity contribution in [2.45, 2.75) is 18.7 Å². The van der Waals surface area contributed by atoms with Crippen molar-refractivity contribution in [3.05, 3.63) is 42.1 Å². The maximum Gasteiger partial charge on any atom is 0.573 e. The Labute approximate surface area is 136 Å². The molecule has 5 nitrogen and oxygen atoms in total. The number of amides is 1. The van der Waals surface area contributed by atoms with E-state index in [1.54, 1.807) is 48.1 Å². The fourth-order valence-corrected chi connectivity index (χ4v) is 2.81. The molecule has 2 atom stereocenters. The third-order valence-electron chi connectivity index (χ3n) is 4.12. The van der Waals surface area contributed by atoms with Crippen molar-refractivity contribution in [1.29, 1.82) is 0 Å². The van der Waals surface area contributed by atoms with Gasteiger partial charge in [0.05, 0.1) is 6.20 Å². The first-order valence-corrected chi connectivity index (χ1v) is 7.37. The first-order chi connectivity index (χ1) is 11.3. The summed E-state index contributed by atoms with van der Waals surface area (Å²) in [6.45, 7) is 0. The molecule has 1 aliphatic rings. The number of rotatable bonds is 4. The summed E-state index contributed by atoms with van der Waals surface area (Å²) < 4.78 is 41.9. The molecule has 1 heterocycles. The standard InChI is InChI=1S/C16H16F3N3O2/c1-21(14-7-8-20-22(14)2)15(23)13-9-12(13)10-3-5-11(6-4-10)24-16(17,18)19/h3-8,12-13H,9H2,1-2H3/t12-,13-/m0/s1. The first kappa shape index (κ1) is 16.4. The Morgan fingerprint density at radius 3 is 2.50 bits per heavy atom. The monoisotopic (exact) mass is 339 g/mol. The molecule has 128 valence electrons. The van der Waals surface area contributed by atoms with E-state index in [-0.39, 0.29) is 23.5 Å². The van der Waals surface area contributed by atoms with Crippen LogP contribution in [0, 0.1) is 5.92 Å². The Bertz CT molecular complexity index is 740. The Hall–Kier alpha value is -2.51. The van der Waals surface area contributed by atoms with E-state index in [1.807, 2.05) is 0 Å². The van der Waals surface area contributed by atoms with Gasteiger partial charge in [0.15, 0.2) is 0 Å². The highest BCUT2D eigenvalue weighted by molar-refractivity contribution is 5.96. The van der Waals surface area contributed by atoms with Gasteiger partial charge in [0.25, 0.3) is 0 Å². The third-order valence-corrected chi connectivity index (χ3v) is 4.12. The van der Waals surface area contributed by atoms with Gasteiger partial charge in [-0.05, 0) is 30.0 Å². The van der Waals surface area contributed by atoms with Crippen LogP contribution in [0.3, 0.4) is 0 Å². The normalized spacial score (nSPS) is 19.9. The van der Waals surface area contributed by atoms with Gasteiger partial charge in [-0.3, -0.25) is 14.4 Å². The average Bonchev–Trinajstić information content (AvgIpc) is 3.19. The number of anilines is 1. The maximum atomic E-state index is 12.5. The highest BCUT2D eigenvalue weighted by atomic mass is 19.4. The largest absolute Gasteiger partial charge is 0.573 e. The molecule has 1 aromatic heterocycles. The fourth-order valence-electron chi connectivity index (χ4n) is 2.81. The topological polar surface area (TPSA) is 47.4 Å². The summed E-state index contributed by atoms with van der Waals surface area (Å²) in [5.74, 6) is 0.257. The zero-order chi connectivity index (χ0) is 17.5. The molecule has 3 rings (SSSR count). The van der Waals surface area contributed by atoms with Gasteiger partial charge in [-0.25, -0.2) is 0 Å². The number of hydrogen-bond donors (Lipinski definition) is 0. The van der Waals surface area contributed by atoms with Crippen LogP contribution >= 0.6 is 0 Å². The number of alkyl halides is 3. The molecule has 8 heteroatoms. The number of benzene rings is 1. The van der Waals surface area contributed by atoms with E-state index in [9.17, 15) is 18.0 Å². The number of aromatic nitrogens is 2. The van der Waals surface area contributed by atoms with Crippen LogP contribution in [0.4, 0.5) is 19.0 Å². The second kappa shape index (κ2) is 5.85. The average molecular weight is 339 g/mol.